The molecule has 2 rings (SSSR count). The molecule has 0 aliphatic carbocycles. The normalized spacial score (nSPS) is 15.3. The highest BCUT2D eigenvalue weighted by atomic mass is 19.3. The van der Waals surface area contributed by atoms with Gasteiger partial charge in [-0.3, -0.25) is 4.79 Å². The van der Waals surface area contributed by atoms with Crippen LogP contribution in [0.2, 0.25) is 0 Å². The fourth-order valence-electron chi connectivity index (χ4n) is 1.74. The van der Waals surface area contributed by atoms with Crippen molar-refractivity contribution in [2.45, 2.75) is 6.29 Å². The largest absolute Gasteiger partial charge is 0.586 e. The zero-order valence-electron chi connectivity index (χ0n) is 11.8. The van der Waals surface area contributed by atoms with E-state index in [1.54, 1.807) is 0 Å². The summed E-state index contributed by atoms with van der Waals surface area (Å²) < 4.78 is 34.3. The first-order valence-electron chi connectivity index (χ1n) is 6.41. The van der Waals surface area contributed by atoms with Gasteiger partial charge in [-0.05, 0) is 26.2 Å². The number of nitrogens with zero attached hydrogens (tertiary/aromatic N) is 1. The minimum Gasteiger partial charge on any atom is -0.395 e. The van der Waals surface area contributed by atoms with Crippen molar-refractivity contribution in [1.29, 1.82) is 0 Å². The SMILES string of the molecule is CN(C)CCNCC(=O)Nc1ccc2c(c1)OC(F)(F)O2. The number of anilines is 1. The van der Waals surface area contributed by atoms with E-state index in [4.69, 9.17) is 0 Å². The molecule has 1 aliphatic heterocycles. The molecule has 0 unspecified atom stereocenters. The Morgan fingerprint density at radius 2 is 2.00 bits per heavy atom. The Kier molecular flexibility index (Phi) is 4.59. The van der Waals surface area contributed by atoms with Gasteiger partial charge in [0.05, 0.1) is 6.54 Å². The third kappa shape index (κ3) is 4.54. The summed E-state index contributed by atoms with van der Waals surface area (Å²) in [5.74, 6) is -0.417. The lowest BCUT2D eigenvalue weighted by Crippen LogP contribution is -2.33. The van der Waals surface area contributed by atoms with Crippen LogP contribution in [0.3, 0.4) is 0 Å². The monoisotopic (exact) mass is 301 g/mol. The van der Waals surface area contributed by atoms with Gasteiger partial charge in [-0.25, -0.2) is 0 Å². The number of ether oxygens (including phenoxy) is 2. The van der Waals surface area contributed by atoms with Crippen molar-refractivity contribution in [3.05, 3.63) is 18.2 Å². The first kappa shape index (κ1) is 15.5. The lowest BCUT2D eigenvalue weighted by atomic mass is 10.3. The van der Waals surface area contributed by atoms with Crippen LogP contribution in [0.15, 0.2) is 18.2 Å². The maximum absolute atomic E-state index is 12.9. The minimum atomic E-state index is -3.65. The van der Waals surface area contributed by atoms with Crippen molar-refractivity contribution in [3.8, 4) is 11.5 Å². The Balaban J connectivity index is 1.83. The summed E-state index contributed by atoms with van der Waals surface area (Å²) >= 11 is 0. The molecule has 0 saturated heterocycles. The molecule has 0 radical (unpaired) electrons. The molecule has 1 aromatic rings. The summed E-state index contributed by atoms with van der Waals surface area (Å²) in [4.78, 5) is 13.7. The molecule has 6 nitrogen and oxygen atoms in total. The Labute approximate surface area is 121 Å². The van der Waals surface area contributed by atoms with Crippen molar-refractivity contribution in [2.24, 2.45) is 0 Å². The van der Waals surface area contributed by atoms with E-state index in [2.05, 4.69) is 20.1 Å². The van der Waals surface area contributed by atoms with Gasteiger partial charge in [0.25, 0.3) is 0 Å². The lowest BCUT2D eigenvalue weighted by molar-refractivity contribution is -0.286. The van der Waals surface area contributed by atoms with Crippen molar-refractivity contribution >= 4 is 11.6 Å². The van der Waals surface area contributed by atoms with Crippen LogP contribution < -0.4 is 20.1 Å². The minimum absolute atomic E-state index is 0.0536. The van der Waals surface area contributed by atoms with Gasteiger partial charge in [0, 0.05) is 24.8 Å². The average Bonchev–Trinajstić information content (AvgIpc) is 2.67. The van der Waals surface area contributed by atoms with E-state index in [0.717, 1.165) is 6.54 Å². The standard InChI is InChI=1S/C13H17F2N3O3/c1-18(2)6-5-16-8-12(19)17-9-3-4-10-11(7-9)21-13(14,15)20-10/h3-4,7,16H,5-6,8H2,1-2H3,(H,17,19). The van der Waals surface area contributed by atoms with Crippen LogP contribution in [-0.4, -0.2) is 50.8 Å². The van der Waals surface area contributed by atoms with E-state index in [0.29, 0.717) is 12.2 Å². The number of fused-ring (bicyclic) bond motifs is 1. The van der Waals surface area contributed by atoms with Gasteiger partial charge in [0.15, 0.2) is 11.5 Å². The second kappa shape index (κ2) is 6.23. The molecular weight excluding hydrogens is 284 g/mol. The van der Waals surface area contributed by atoms with Crippen molar-refractivity contribution in [2.75, 3.05) is 39.0 Å². The molecule has 1 aromatic carbocycles. The van der Waals surface area contributed by atoms with Crippen LogP contribution in [0, 0.1) is 0 Å². The predicted molar refractivity (Wildman–Crippen MR) is 72.7 cm³/mol. The molecule has 21 heavy (non-hydrogen) atoms. The number of amides is 1. The molecule has 0 saturated carbocycles. The number of likely N-dealkylation sites (N-methyl/N-ethyl adjacent to an activating group) is 1. The zero-order chi connectivity index (χ0) is 15.5. The molecule has 1 heterocycles. The maximum atomic E-state index is 12.9. The topological polar surface area (TPSA) is 62.8 Å². The van der Waals surface area contributed by atoms with Gasteiger partial charge in [0.2, 0.25) is 5.91 Å². The Bertz CT molecular complexity index is 523. The number of rotatable bonds is 6. The zero-order valence-corrected chi connectivity index (χ0v) is 11.8. The average molecular weight is 301 g/mol. The molecule has 1 aliphatic rings. The lowest BCUT2D eigenvalue weighted by Gasteiger charge is -2.10. The van der Waals surface area contributed by atoms with E-state index in [-0.39, 0.29) is 24.0 Å². The second-order valence-electron chi connectivity index (χ2n) is 4.86. The van der Waals surface area contributed by atoms with E-state index < -0.39 is 6.29 Å². The summed E-state index contributed by atoms with van der Waals surface area (Å²) in [5.41, 5.74) is 0.370. The number of benzene rings is 1. The highest BCUT2D eigenvalue weighted by Gasteiger charge is 2.43. The number of carbonyl (C=O) groups excluding carboxylic acids is 1. The van der Waals surface area contributed by atoms with Gasteiger partial charge in [-0.2, -0.15) is 0 Å². The molecule has 0 fully saturated rings. The maximum Gasteiger partial charge on any atom is 0.586 e. The molecule has 0 aromatic heterocycles. The van der Waals surface area contributed by atoms with Gasteiger partial charge in [0.1, 0.15) is 0 Å². The molecule has 0 bridgehead atoms. The number of nitrogens with one attached hydrogen (secondary N) is 2. The molecule has 1 amide bonds. The Morgan fingerprint density at radius 3 is 2.71 bits per heavy atom. The summed E-state index contributed by atoms with van der Waals surface area (Å²) in [7, 11) is 3.87. The predicted octanol–water partition coefficient (Wildman–Crippen LogP) is 1.10. The van der Waals surface area contributed by atoms with Gasteiger partial charge < -0.3 is 25.0 Å². The van der Waals surface area contributed by atoms with Crippen LogP contribution >= 0.6 is 0 Å². The molecule has 2 N–H and O–H groups in total. The highest BCUT2D eigenvalue weighted by Crippen LogP contribution is 2.42. The van der Waals surface area contributed by atoms with Gasteiger partial charge >= 0.3 is 6.29 Å². The summed E-state index contributed by atoms with van der Waals surface area (Å²) in [6.45, 7) is 1.62. The molecule has 0 atom stereocenters. The smallest absolute Gasteiger partial charge is 0.395 e. The van der Waals surface area contributed by atoms with Crippen LogP contribution in [0.1, 0.15) is 0 Å². The number of hydrogen-bond donors (Lipinski definition) is 2. The molecule has 116 valence electrons. The van der Waals surface area contributed by atoms with Crippen molar-refractivity contribution in [1.82, 2.24) is 10.2 Å². The third-order valence-corrected chi connectivity index (χ3v) is 2.71. The summed E-state index contributed by atoms with van der Waals surface area (Å²) in [6.07, 6.45) is -3.65. The van der Waals surface area contributed by atoms with Crippen LogP contribution in [0.4, 0.5) is 14.5 Å². The van der Waals surface area contributed by atoms with Crippen LogP contribution in [-0.2, 0) is 4.79 Å². The summed E-state index contributed by atoms with van der Waals surface area (Å²) in [5, 5.41) is 5.56. The van der Waals surface area contributed by atoms with Gasteiger partial charge in [-0.1, -0.05) is 0 Å². The molecule has 0 spiro atoms. The number of alkyl halides is 2. The number of hydrogen-bond acceptors (Lipinski definition) is 5. The van der Waals surface area contributed by atoms with E-state index in [1.165, 1.54) is 18.2 Å². The van der Waals surface area contributed by atoms with Gasteiger partial charge in [-0.15, -0.1) is 8.78 Å². The third-order valence-electron chi connectivity index (χ3n) is 2.71. The van der Waals surface area contributed by atoms with Crippen molar-refractivity contribution < 1.29 is 23.0 Å². The molecular formula is C13H17F2N3O3. The first-order valence-corrected chi connectivity index (χ1v) is 6.41. The van der Waals surface area contributed by atoms with E-state index in [1.807, 2.05) is 19.0 Å². The Hall–Kier alpha value is -1.93. The van der Waals surface area contributed by atoms with Crippen LogP contribution in [0.25, 0.3) is 0 Å². The van der Waals surface area contributed by atoms with E-state index >= 15 is 0 Å². The van der Waals surface area contributed by atoms with Crippen molar-refractivity contribution in [3.63, 3.8) is 0 Å². The highest BCUT2D eigenvalue weighted by molar-refractivity contribution is 5.92. The second-order valence-corrected chi connectivity index (χ2v) is 4.86. The summed E-state index contributed by atoms with van der Waals surface area (Å²) in [6, 6.07) is 4.10. The first-order chi connectivity index (χ1) is 9.85. The van der Waals surface area contributed by atoms with Crippen LogP contribution in [0.5, 0.6) is 11.5 Å². The number of halogens is 2. The fourth-order valence-corrected chi connectivity index (χ4v) is 1.74. The Morgan fingerprint density at radius 1 is 1.29 bits per heavy atom. The van der Waals surface area contributed by atoms with E-state index in [9.17, 15) is 13.6 Å². The quantitative estimate of drug-likeness (QED) is 0.770. The fraction of sp³-hybridized carbons (Fsp3) is 0.462. The number of carbonyl (C=O) groups is 1. The molecule has 8 heteroatoms.